The van der Waals surface area contributed by atoms with Crippen LogP contribution in [0.25, 0.3) is 0 Å². The molecule has 0 bridgehead atoms. The molecule has 2 nitrogen and oxygen atoms in total. The molecule has 2 N–H and O–H groups in total. The molecule has 0 spiro atoms. The summed E-state index contributed by atoms with van der Waals surface area (Å²) in [6, 6.07) is 5.41. The fraction of sp³-hybridized carbons (Fsp3) is 0.538. The van der Waals surface area contributed by atoms with E-state index in [1.54, 1.807) is 12.1 Å². The molecule has 1 aliphatic heterocycles. The third-order valence-corrected chi connectivity index (χ3v) is 3.43. The summed E-state index contributed by atoms with van der Waals surface area (Å²) in [7, 11) is 0. The van der Waals surface area contributed by atoms with Gasteiger partial charge in [0.15, 0.2) is 0 Å². The molecular formula is C13H17F3N2. The van der Waals surface area contributed by atoms with Crippen LogP contribution >= 0.6 is 0 Å². The Hall–Kier alpha value is -1.07. The number of likely N-dealkylation sites (tertiary alicyclic amines) is 1. The highest BCUT2D eigenvalue weighted by atomic mass is 19.4. The van der Waals surface area contributed by atoms with Gasteiger partial charge < -0.3 is 5.73 Å². The zero-order valence-electron chi connectivity index (χ0n) is 10.1. The van der Waals surface area contributed by atoms with E-state index in [0.717, 1.165) is 32.0 Å². The van der Waals surface area contributed by atoms with Gasteiger partial charge in [-0.2, -0.15) is 13.2 Å². The van der Waals surface area contributed by atoms with Gasteiger partial charge in [0.1, 0.15) is 0 Å². The Morgan fingerprint density at radius 1 is 1.17 bits per heavy atom. The average molecular weight is 258 g/mol. The smallest absolute Gasteiger partial charge is 0.329 e. The fourth-order valence-corrected chi connectivity index (χ4v) is 2.57. The number of hydrogen-bond acceptors (Lipinski definition) is 2. The van der Waals surface area contributed by atoms with Crippen molar-refractivity contribution in [1.82, 2.24) is 4.90 Å². The summed E-state index contributed by atoms with van der Waals surface area (Å²) < 4.78 is 38.9. The van der Waals surface area contributed by atoms with Gasteiger partial charge in [0.25, 0.3) is 0 Å². The van der Waals surface area contributed by atoms with E-state index in [-0.39, 0.29) is 12.6 Å². The zero-order chi connectivity index (χ0) is 13.2. The van der Waals surface area contributed by atoms with E-state index in [1.807, 2.05) is 4.90 Å². The first-order valence-corrected chi connectivity index (χ1v) is 6.14. The van der Waals surface area contributed by atoms with Gasteiger partial charge in [0.2, 0.25) is 0 Å². The lowest BCUT2D eigenvalue weighted by Crippen LogP contribution is -2.32. The minimum atomic E-state index is -4.32. The van der Waals surface area contributed by atoms with Crippen molar-refractivity contribution in [1.29, 1.82) is 0 Å². The van der Waals surface area contributed by atoms with Crippen molar-refractivity contribution >= 4 is 0 Å². The van der Waals surface area contributed by atoms with E-state index in [1.165, 1.54) is 6.07 Å². The minimum Gasteiger partial charge on any atom is -0.329 e. The number of hydrogen-bond donors (Lipinski definition) is 1. The van der Waals surface area contributed by atoms with E-state index in [2.05, 4.69) is 0 Å². The summed E-state index contributed by atoms with van der Waals surface area (Å²) in [6.45, 7) is 1.87. The van der Waals surface area contributed by atoms with Gasteiger partial charge in [-0.25, -0.2) is 0 Å². The number of alkyl halides is 3. The van der Waals surface area contributed by atoms with Crippen LogP contribution in [-0.4, -0.2) is 24.5 Å². The second kappa shape index (κ2) is 5.28. The Balaban J connectivity index is 2.35. The first kappa shape index (κ1) is 13.4. The van der Waals surface area contributed by atoms with Crippen LogP contribution in [-0.2, 0) is 6.18 Å². The molecule has 0 aromatic heterocycles. The number of benzene rings is 1. The Bertz CT molecular complexity index is 397. The van der Waals surface area contributed by atoms with Crippen molar-refractivity contribution in [2.24, 2.45) is 5.73 Å². The highest BCUT2D eigenvalue weighted by Gasteiger charge is 2.36. The lowest BCUT2D eigenvalue weighted by Gasteiger charge is -2.28. The van der Waals surface area contributed by atoms with Gasteiger partial charge in [-0.3, -0.25) is 4.90 Å². The Morgan fingerprint density at radius 2 is 1.78 bits per heavy atom. The Kier molecular flexibility index (Phi) is 3.92. The van der Waals surface area contributed by atoms with Crippen molar-refractivity contribution in [3.8, 4) is 0 Å². The van der Waals surface area contributed by atoms with E-state index >= 15 is 0 Å². The fourth-order valence-electron chi connectivity index (χ4n) is 2.57. The Morgan fingerprint density at radius 3 is 2.33 bits per heavy atom. The SMILES string of the molecule is NC[C@@H](c1ccccc1C(F)(F)F)N1CCCC1. The summed E-state index contributed by atoms with van der Waals surface area (Å²) in [6.07, 6.45) is -2.25. The molecule has 0 unspecified atom stereocenters. The lowest BCUT2D eigenvalue weighted by molar-refractivity contribution is -0.138. The molecule has 0 saturated carbocycles. The summed E-state index contributed by atoms with van der Waals surface area (Å²) >= 11 is 0. The predicted octanol–water partition coefficient (Wildman–Crippen LogP) is 2.80. The highest BCUT2D eigenvalue weighted by Crippen LogP contribution is 2.36. The molecule has 2 rings (SSSR count). The second-order valence-corrected chi connectivity index (χ2v) is 4.58. The molecule has 1 aromatic carbocycles. The van der Waals surface area contributed by atoms with Crippen molar-refractivity contribution < 1.29 is 13.2 Å². The molecule has 1 fully saturated rings. The first-order valence-electron chi connectivity index (χ1n) is 6.14. The molecule has 1 heterocycles. The lowest BCUT2D eigenvalue weighted by atomic mass is 9.99. The average Bonchev–Trinajstić information content (AvgIpc) is 2.83. The monoisotopic (exact) mass is 258 g/mol. The number of rotatable bonds is 3. The van der Waals surface area contributed by atoms with Crippen molar-refractivity contribution in [2.75, 3.05) is 19.6 Å². The molecule has 0 aliphatic carbocycles. The predicted molar refractivity (Wildman–Crippen MR) is 64.0 cm³/mol. The number of nitrogens with zero attached hydrogens (tertiary/aromatic N) is 1. The maximum atomic E-state index is 13.0. The van der Waals surface area contributed by atoms with Crippen molar-refractivity contribution in [2.45, 2.75) is 25.1 Å². The van der Waals surface area contributed by atoms with Crippen LogP contribution in [0, 0.1) is 0 Å². The molecular weight excluding hydrogens is 241 g/mol. The van der Waals surface area contributed by atoms with Gasteiger partial charge in [0, 0.05) is 12.6 Å². The minimum absolute atomic E-state index is 0.215. The summed E-state index contributed by atoms with van der Waals surface area (Å²) in [5, 5.41) is 0. The van der Waals surface area contributed by atoms with E-state index < -0.39 is 11.7 Å². The maximum absolute atomic E-state index is 13.0. The van der Waals surface area contributed by atoms with Crippen molar-refractivity contribution in [3.05, 3.63) is 35.4 Å². The van der Waals surface area contributed by atoms with E-state index in [9.17, 15) is 13.2 Å². The van der Waals surface area contributed by atoms with Gasteiger partial charge in [-0.15, -0.1) is 0 Å². The molecule has 1 aliphatic rings. The van der Waals surface area contributed by atoms with Crippen LogP contribution < -0.4 is 5.73 Å². The van der Waals surface area contributed by atoms with Crippen LogP contribution in [0.5, 0.6) is 0 Å². The number of nitrogens with two attached hydrogens (primary N) is 1. The normalized spacial score (nSPS) is 19.1. The largest absolute Gasteiger partial charge is 0.416 e. The molecule has 5 heteroatoms. The molecule has 18 heavy (non-hydrogen) atoms. The van der Waals surface area contributed by atoms with Crippen LogP contribution in [0.2, 0.25) is 0 Å². The summed E-state index contributed by atoms with van der Waals surface area (Å²) in [5.74, 6) is 0. The van der Waals surface area contributed by atoms with E-state index in [4.69, 9.17) is 5.73 Å². The molecule has 1 aromatic rings. The van der Waals surface area contributed by atoms with Gasteiger partial charge >= 0.3 is 6.18 Å². The van der Waals surface area contributed by atoms with Crippen molar-refractivity contribution in [3.63, 3.8) is 0 Å². The third-order valence-electron chi connectivity index (χ3n) is 3.43. The standard InChI is InChI=1S/C13H17F3N2/c14-13(15,16)11-6-2-1-5-10(11)12(9-17)18-7-3-4-8-18/h1-2,5-6,12H,3-4,7-9,17H2/t12-/m0/s1. The van der Waals surface area contributed by atoms with Crippen LogP contribution in [0.1, 0.15) is 30.0 Å². The first-order chi connectivity index (χ1) is 8.54. The second-order valence-electron chi connectivity index (χ2n) is 4.58. The molecule has 0 radical (unpaired) electrons. The maximum Gasteiger partial charge on any atom is 0.416 e. The molecule has 0 amide bonds. The zero-order valence-corrected chi connectivity index (χ0v) is 10.1. The van der Waals surface area contributed by atoms with Crippen LogP contribution in [0.4, 0.5) is 13.2 Å². The molecule has 1 atom stereocenters. The van der Waals surface area contributed by atoms with E-state index in [0.29, 0.717) is 5.56 Å². The van der Waals surface area contributed by atoms with Gasteiger partial charge in [0.05, 0.1) is 5.56 Å². The summed E-state index contributed by atoms with van der Waals surface area (Å²) in [5.41, 5.74) is 5.43. The topological polar surface area (TPSA) is 29.3 Å². The number of halogens is 3. The van der Waals surface area contributed by atoms with Crippen LogP contribution in [0.15, 0.2) is 24.3 Å². The quantitative estimate of drug-likeness (QED) is 0.903. The highest BCUT2D eigenvalue weighted by molar-refractivity contribution is 5.32. The van der Waals surface area contributed by atoms with Gasteiger partial charge in [-0.05, 0) is 37.6 Å². The third kappa shape index (κ3) is 2.67. The molecule has 100 valence electrons. The van der Waals surface area contributed by atoms with Crippen LogP contribution in [0.3, 0.4) is 0 Å². The van der Waals surface area contributed by atoms with Gasteiger partial charge in [-0.1, -0.05) is 18.2 Å². The molecule has 1 saturated heterocycles. The Labute approximate surface area is 105 Å². The summed E-state index contributed by atoms with van der Waals surface area (Å²) in [4.78, 5) is 2.05.